The highest BCUT2D eigenvalue weighted by Gasteiger charge is 2.17. The van der Waals surface area contributed by atoms with Gasteiger partial charge in [-0.25, -0.2) is 0 Å². The minimum Gasteiger partial charge on any atom is -0.465 e. The molecule has 2 nitrogen and oxygen atoms in total. The maximum absolute atomic E-state index is 5.71. The molecule has 0 aliphatic rings. The number of hydrogen-bond donors (Lipinski definition) is 0. The summed E-state index contributed by atoms with van der Waals surface area (Å²) in [5, 5.41) is 0. The quantitative estimate of drug-likeness (QED) is 0.528. The highest BCUT2D eigenvalue weighted by molar-refractivity contribution is 5.29. The smallest absolute Gasteiger partial charge is 0.196 e. The highest BCUT2D eigenvalue weighted by Crippen LogP contribution is 2.32. The molecule has 0 amide bonds. The summed E-state index contributed by atoms with van der Waals surface area (Å²) >= 11 is 0. The summed E-state index contributed by atoms with van der Waals surface area (Å²) < 4.78 is 11.1. The lowest BCUT2D eigenvalue weighted by Gasteiger charge is -2.24. The van der Waals surface area contributed by atoms with Gasteiger partial charge in [0.15, 0.2) is 6.29 Å². The van der Waals surface area contributed by atoms with Gasteiger partial charge in [-0.1, -0.05) is 53.7 Å². The predicted octanol–water partition coefficient (Wildman–Crippen LogP) is 6.26. The lowest BCUT2D eigenvalue weighted by molar-refractivity contribution is -0.0613. The Morgan fingerprint density at radius 3 is 1.86 bits per heavy atom. The van der Waals surface area contributed by atoms with Crippen molar-refractivity contribution in [2.45, 2.75) is 74.0 Å². The number of benzene rings is 1. The molecule has 0 saturated heterocycles. The fourth-order valence-corrected chi connectivity index (χ4v) is 2.55. The van der Waals surface area contributed by atoms with Gasteiger partial charge in [-0.3, -0.25) is 0 Å². The van der Waals surface area contributed by atoms with Gasteiger partial charge in [-0.05, 0) is 55.7 Å². The highest BCUT2D eigenvalue weighted by atomic mass is 16.7. The lowest BCUT2D eigenvalue weighted by atomic mass is 9.82. The second kappa shape index (κ2) is 11.5. The van der Waals surface area contributed by atoms with Gasteiger partial charge in [-0.2, -0.15) is 0 Å². The summed E-state index contributed by atoms with van der Waals surface area (Å²) in [7, 11) is 0. The van der Waals surface area contributed by atoms with E-state index < -0.39 is 0 Å². The van der Waals surface area contributed by atoms with E-state index in [1.165, 1.54) is 12.0 Å². The van der Waals surface area contributed by atoms with Crippen molar-refractivity contribution >= 4 is 0 Å². The van der Waals surface area contributed by atoms with Crippen molar-refractivity contribution in [2.75, 3.05) is 6.61 Å². The topological polar surface area (TPSA) is 18.5 Å². The normalized spacial score (nSPS) is 13.5. The summed E-state index contributed by atoms with van der Waals surface area (Å²) in [4.78, 5) is 0. The van der Waals surface area contributed by atoms with Crippen LogP contribution >= 0.6 is 0 Å². The molecule has 1 rings (SSSR count). The molecule has 0 bridgehead atoms. The maximum Gasteiger partial charge on any atom is 0.196 e. The molecule has 0 saturated carbocycles. The molecule has 2 heteroatoms. The molecule has 128 valence electrons. The van der Waals surface area contributed by atoms with Crippen LogP contribution in [-0.2, 0) is 4.74 Å². The van der Waals surface area contributed by atoms with Crippen LogP contribution < -0.4 is 4.74 Å². The van der Waals surface area contributed by atoms with Crippen molar-refractivity contribution in [3.8, 4) is 5.75 Å². The first kappa shape index (κ1) is 21.0. The van der Waals surface area contributed by atoms with Crippen molar-refractivity contribution in [1.29, 1.82) is 0 Å². The van der Waals surface area contributed by atoms with Crippen LogP contribution in [0.3, 0.4) is 0 Å². The third kappa shape index (κ3) is 7.84. The largest absolute Gasteiger partial charge is 0.465 e. The predicted molar refractivity (Wildman–Crippen MR) is 96.5 cm³/mol. The second-order valence-corrected chi connectivity index (χ2v) is 6.19. The van der Waals surface area contributed by atoms with Crippen LogP contribution in [0.4, 0.5) is 0 Å². The van der Waals surface area contributed by atoms with E-state index in [0.717, 1.165) is 11.7 Å². The first-order chi connectivity index (χ1) is 10.4. The van der Waals surface area contributed by atoms with E-state index in [4.69, 9.17) is 9.47 Å². The first-order valence-corrected chi connectivity index (χ1v) is 8.82. The van der Waals surface area contributed by atoms with Gasteiger partial charge in [0.05, 0.1) is 0 Å². The van der Waals surface area contributed by atoms with Gasteiger partial charge >= 0.3 is 0 Å². The molecule has 1 aromatic rings. The van der Waals surface area contributed by atoms with Gasteiger partial charge in [0.1, 0.15) is 5.75 Å². The van der Waals surface area contributed by atoms with E-state index in [2.05, 4.69) is 52.0 Å². The zero-order valence-electron chi connectivity index (χ0n) is 15.8. The van der Waals surface area contributed by atoms with Crippen molar-refractivity contribution in [3.05, 3.63) is 29.8 Å². The Morgan fingerprint density at radius 2 is 1.45 bits per heavy atom. The van der Waals surface area contributed by atoms with Crippen LogP contribution in [0.25, 0.3) is 0 Å². The zero-order chi connectivity index (χ0) is 17.1. The Kier molecular flexibility index (Phi) is 11.0. The molecule has 1 aromatic carbocycles. The molecular formula is C20H36O2. The van der Waals surface area contributed by atoms with Crippen LogP contribution in [0.1, 0.15) is 73.3 Å². The van der Waals surface area contributed by atoms with Crippen LogP contribution in [0.2, 0.25) is 0 Å². The monoisotopic (exact) mass is 308 g/mol. The van der Waals surface area contributed by atoms with Gasteiger partial charge in [0.2, 0.25) is 0 Å². The fraction of sp³-hybridized carbons (Fsp3) is 0.700. The summed E-state index contributed by atoms with van der Waals surface area (Å²) in [5.41, 5.74) is 1.41. The van der Waals surface area contributed by atoms with Crippen molar-refractivity contribution in [3.63, 3.8) is 0 Å². The average Bonchev–Trinajstić information content (AvgIpc) is 2.47. The molecular weight excluding hydrogens is 272 g/mol. The third-order valence-electron chi connectivity index (χ3n) is 3.54. The zero-order valence-corrected chi connectivity index (χ0v) is 15.8. The van der Waals surface area contributed by atoms with E-state index >= 15 is 0 Å². The minimum absolute atomic E-state index is 0.192. The first-order valence-electron chi connectivity index (χ1n) is 8.82. The third-order valence-corrected chi connectivity index (χ3v) is 3.54. The molecule has 0 spiro atoms. The van der Waals surface area contributed by atoms with Gasteiger partial charge < -0.3 is 9.47 Å². The van der Waals surface area contributed by atoms with E-state index in [9.17, 15) is 0 Å². The van der Waals surface area contributed by atoms with Crippen LogP contribution in [-0.4, -0.2) is 12.9 Å². The van der Waals surface area contributed by atoms with E-state index in [0.29, 0.717) is 18.4 Å². The fourth-order valence-electron chi connectivity index (χ4n) is 2.55. The summed E-state index contributed by atoms with van der Waals surface area (Å²) in [6, 6.07) is 8.50. The number of hydrogen-bond acceptors (Lipinski definition) is 2. The van der Waals surface area contributed by atoms with Gasteiger partial charge in [0.25, 0.3) is 0 Å². The molecule has 22 heavy (non-hydrogen) atoms. The van der Waals surface area contributed by atoms with Gasteiger partial charge in [0, 0.05) is 6.61 Å². The molecule has 2 unspecified atom stereocenters. The van der Waals surface area contributed by atoms with Crippen LogP contribution in [0.5, 0.6) is 5.75 Å². The molecule has 2 atom stereocenters. The van der Waals surface area contributed by atoms with Crippen molar-refractivity contribution < 1.29 is 9.47 Å². The number of rotatable bonds is 8. The Bertz CT molecular complexity index is 368. The van der Waals surface area contributed by atoms with E-state index in [1.54, 1.807) is 0 Å². The Balaban J connectivity index is 0.00000211. The van der Waals surface area contributed by atoms with E-state index in [1.807, 2.05) is 27.7 Å². The van der Waals surface area contributed by atoms with Crippen LogP contribution in [0.15, 0.2) is 24.3 Å². The molecule has 0 aliphatic carbocycles. The Hall–Kier alpha value is -1.02. The Labute approximate surface area is 138 Å². The summed E-state index contributed by atoms with van der Waals surface area (Å²) in [6.45, 7) is 17.7. The Morgan fingerprint density at radius 1 is 0.909 bits per heavy atom. The molecule has 0 aromatic heterocycles. The molecule has 0 N–H and O–H groups in total. The maximum atomic E-state index is 5.71. The van der Waals surface area contributed by atoms with Gasteiger partial charge in [-0.15, -0.1) is 0 Å². The van der Waals surface area contributed by atoms with Crippen molar-refractivity contribution in [2.24, 2.45) is 11.8 Å². The van der Waals surface area contributed by atoms with Crippen LogP contribution in [0, 0.1) is 11.8 Å². The number of ether oxygens (including phenoxy) is 2. The SMILES string of the molecule is CC.CCOC(C)Oc1ccc(C(CC(C)C)C(C)C)cc1. The molecule has 0 aliphatic heterocycles. The minimum atomic E-state index is -0.192. The summed E-state index contributed by atoms with van der Waals surface area (Å²) in [6.07, 6.45) is 1.04. The van der Waals surface area contributed by atoms with E-state index in [-0.39, 0.29) is 6.29 Å². The average molecular weight is 309 g/mol. The lowest BCUT2D eigenvalue weighted by Crippen LogP contribution is -2.16. The molecule has 0 fully saturated rings. The standard InChI is InChI=1S/C18H30O2.C2H6/c1-7-19-15(6)20-17-10-8-16(9-11-17)18(14(4)5)12-13(2)3;1-2/h8-11,13-15,18H,7,12H2,1-6H3;1-2H3. The molecule has 0 radical (unpaired) electrons. The second-order valence-electron chi connectivity index (χ2n) is 6.19. The summed E-state index contributed by atoms with van der Waals surface area (Å²) in [5.74, 6) is 2.87. The molecule has 0 heterocycles. The van der Waals surface area contributed by atoms with Crippen molar-refractivity contribution in [1.82, 2.24) is 0 Å².